The van der Waals surface area contributed by atoms with Crippen LogP contribution >= 0.6 is 0 Å². The van der Waals surface area contributed by atoms with Crippen LogP contribution in [0.5, 0.6) is 0 Å². The van der Waals surface area contributed by atoms with Gasteiger partial charge in [-0.05, 0) is 0 Å². The Bertz CT molecular complexity index is 568. The van der Waals surface area contributed by atoms with Gasteiger partial charge in [-0.3, -0.25) is 0 Å². The average Bonchev–Trinajstić information content (AvgIpc) is 3.01. The Morgan fingerprint density at radius 2 is 2.00 bits per heavy atom. The summed E-state index contributed by atoms with van der Waals surface area (Å²) in [6, 6.07) is 9.88. The number of H-pyrrole nitrogens is 1. The zero-order valence-electron chi connectivity index (χ0n) is 8.28. The Morgan fingerprint density at radius 3 is 2.75 bits per heavy atom. The zero-order chi connectivity index (χ0) is 10.8. The van der Waals surface area contributed by atoms with Gasteiger partial charge in [-0.15, -0.1) is 5.10 Å². The first-order chi connectivity index (χ1) is 7.95. The van der Waals surface area contributed by atoms with Crippen LogP contribution in [0.25, 0.3) is 17.2 Å². The molecule has 0 atom stereocenters. The summed E-state index contributed by atoms with van der Waals surface area (Å²) >= 11 is 0. The molecule has 0 bridgehead atoms. The highest BCUT2D eigenvalue weighted by atomic mass is 15.5. The van der Waals surface area contributed by atoms with Crippen molar-refractivity contribution in [2.75, 3.05) is 0 Å². The number of aromatic amines is 1. The molecule has 0 spiro atoms. The maximum atomic E-state index is 4.04. The number of hydrogen-bond acceptors (Lipinski definition) is 4. The fraction of sp³-hybridized carbons (Fsp3) is 0. The summed E-state index contributed by atoms with van der Waals surface area (Å²) in [4.78, 5) is 4.04. The third-order valence-electron chi connectivity index (χ3n) is 2.22. The first kappa shape index (κ1) is 8.78. The number of aromatic nitrogens is 6. The molecule has 6 heteroatoms. The summed E-state index contributed by atoms with van der Waals surface area (Å²) in [7, 11) is 0. The average molecular weight is 212 g/mol. The van der Waals surface area contributed by atoms with E-state index in [1.807, 2.05) is 30.3 Å². The molecule has 0 saturated carbocycles. The van der Waals surface area contributed by atoms with E-state index in [9.17, 15) is 0 Å². The molecule has 1 aromatic carbocycles. The number of hydrogen-bond donors (Lipinski definition) is 1. The van der Waals surface area contributed by atoms with Gasteiger partial charge in [0.2, 0.25) is 5.95 Å². The summed E-state index contributed by atoms with van der Waals surface area (Å²) in [5.41, 5.74) is 1.90. The minimum atomic E-state index is 0.552. The molecule has 3 rings (SSSR count). The van der Waals surface area contributed by atoms with Crippen LogP contribution in [-0.2, 0) is 0 Å². The minimum Gasteiger partial charge on any atom is -0.244 e. The first-order valence-electron chi connectivity index (χ1n) is 4.77. The van der Waals surface area contributed by atoms with Crippen LogP contribution in [0.4, 0.5) is 0 Å². The van der Waals surface area contributed by atoms with E-state index in [0.717, 1.165) is 11.3 Å². The van der Waals surface area contributed by atoms with Crippen molar-refractivity contribution >= 4 is 0 Å². The predicted octanol–water partition coefficient (Wildman–Crippen LogP) is 1.05. The molecule has 0 saturated heterocycles. The van der Waals surface area contributed by atoms with E-state index in [0.29, 0.717) is 5.95 Å². The highest BCUT2D eigenvalue weighted by Gasteiger charge is 2.09. The molecular weight excluding hydrogens is 204 g/mol. The third-order valence-corrected chi connectivity index (χ3v) is 2.22. The summed E-state index contributed by atoms with van der Waals surface area (Å²) in [5, 5.41) is 14.4. The van der Waals surface area contributed by atoms with Gasteiger partial charge in [-0.1, -0.05) is 35.5 Å². The van der Waals surface area contributed by atoms with Crippen molar-refractivity contribution in [3.05, 3.63) is 42.9 Å². The molecule has 0 amide bonds. The zero-order valence-corrected chi connectivity index (χ0v) is 8.28. The predicted molar refractivity (Wildman–Crippen MR) is 56.7 cm³/mol. The largest absolute Gasteiger partial charge is 0.248 e. The van der Waals surface area contributed by atoms with Crippen LogP contribution in [0.2, 0.25) is 0 Å². The van der Waals surface area contributed by atoms with E-state index >= 15 is 0 Å². The molecule has 0 aliphatic rings. The van der Waals surface area contributed by atoms with Crippen LogP contribution in [0, 0.1) is 0 Å². The normalized spacial score (nSPS) is 10.5. The van der Waals surface area contributed by atoms with Crippen LogP contribution in [0.1, 0.15) is 0 Å². The van der Waals surface area contributed by atoms with Gasteiger partial charge in [0, 0.05) is 5.56 Å². The maximum absolute atomic E-state index is 4.04. The summed E-state index contributed by atoms with van der Waals surface area (Å²) in [6.45, 7) is 0. The summed E-state index contributed by atoms with van der Waals surface area (Å²) < 4.78 is 1.61. The topological polar surface area (TPSA) is 72.3 Å². The molecule has 1 N–H and O–H groups in total. The van der Waals surface area contributed by atoms with E-state index in [4.69, 9.17) is 0 Å². The van der Waals surface area contributed by atoms with Gasteiger partial charge in [-0.25, -0.2) is 5.10 Å². The van der Waals surface area contributed by atoms with Gasteiger partial charge >= 0.3 is 0 Å². The first-order valence-corrected chi connectivity index (χ1v) is 4.77. The Kier molecular flexibility index (Phi) is 1.96. The Morgan fingerprint density at radius 1 is 1.12 bits per heavy atom. The van der Waals surface area contributed by atoms with E-state index < -0.39 is 0 Å². The van der Waals surface area contributed by atoms with Crippen LogP contribution in [0.15, 0.2) is 42.9 Å². The lowest BCUT2D eigenvalue weighted by molar-refractivity contribution is 0.763. The van der Waals surface area contributed by atoms with Gasteiger partial charge < -0.3 is 0 Å². The smallest absolute Gasteiger partial charge is 0.244 e. The van der Waals surface area contributed by atoms with E-state index in [2.05, 4.69) is 25.5 Å². The second kappa shape index (κ2) is 3.58. The molecule has 0 unspecified atom stereocenters. The molecular formula is C10H8N6. The lowest BCUT2D eigenvalue weighted by atomic mass is 10.2. The molecule has 0 aliphatic heterocycles. The van der Waals surface area contributed by atoms with Crippen LogP contribution in [-0.4, -0.2) is 30.2 Å². The van der Waals surface area contributed by atoms with Crippen molar-refractivity contribution in [1.29, 1.82) is 0 Å². The standard InChI is InChI=1S/C10H8N6/c1-2-4-8(5-3-1)9-6-12-15-16(9)10-11-7-13-14-10/h1-7H,(H,11,13,14). The Hall–Kier alpha value is -2.50. The number of nitrogens with one attached hydrogen (secondary N) is 1. The highest BCUT2D eigenvalue weighted by Crippen LogP contribution is 2.18. The molecule has 2 aromatic heterocycles. The van der Waals surface area contributed by atoms with Gasteiger partial charge in [0.25, 0.3) is 0 Å². The number of rotatable bonds is 2. The SMILES string of the molecule is c1ccc(-c2cnnn2-c2ncn[nH]2)cc1. The monoisotopic (exact) mass is 212 g/mol. The van der Waals surface area contributed by atoms with Crippen molar-refractivity contribution < 1.29 is 0 Å². The molecule has 2 heterocycles. The van der Waals surface area contributed by atoms with Crippen molar-refractivity contribution in [1.82, 2.24) is 30.2 Å². The molecule has 0 radical (unpaired) electrons. The minimum absolute atomic E-state index is 0.552. The fourth-order valence-corrected chi connectivity index (χ4v) is 1.50. The lowest BCUT2D eigenvalue weighted by Gasteiger charge is -2.01. The second-order valence-corrected chi connectivity index (χ2v) is 3.21. The molecule has 0 fully saturated rings. The quantitative estimate of drug-likeness (QED) is 0.689. The Balaban J connectivity index is 2.14. The fourth-order valence-electron chi connectivity index (χ4n) is 1.50. The third kappa shape index (κ3) is 1.36. The van der Waals surface area contributed by atoms with Gasteiger partial charge in [0.1, 0.15) is 6.33 Å². The van der Waals surface area contributed by atoms with Crippen LogP contribution in [0.3, 0.4) is 0 Å². The van der Waals surface area contributed by atoms with Gasteiger partial charge in [0.15, 0.2) is 0 Å². The van der Waals surface area contributed by atoms with Crippen LogP contribution < -0.4 is 0 Å². The molecule has 6 nitrogen and oxygen atoms in total. The van der Waals surface area contributed by atoms with E-state index in [1.165, 1.54) is 6.33 Å². The van der Waals surface area contributed by atoms with E-state index in [-0.39, 0.29) is 0 Å². The van der Waals surface area contributed by atoms with Crippen molar-refractivity contribution in [2.24, 2.45) is 0 Å². The lowest BCUT2D eigenvalue weighted by Crippen LogP contribution is -2.01. The maximum Gasteiger partial charge on any atom is 0.248 e. The molecule has 16 heavy (non-hydrogen) atoms. The number of nitrogens with zero attached hydrogens (tertiary/aromatic N) is 5. The summed E-state index contributed by atoms with van der Waals surface area (Å²) in [5.74, 6) is 0.552. The number of benzene rings is 1. The highest BCUT2D eigenvalue weighted by molar-refractivity contribution is 5.59. The van der Waals surface area contributed by atoms with Gasteiger partial charge in [0.05, 0.1) is 11.9 Å². The van der Waals surface area contributed by atoms with Gasteiger partial charge in [-0.2, -0.15) is 14.8 Å². The van der Waals surface area contributed by atoms with Crippen molar-refractivity contribution in [3.63, 3.8) is 0 Å². The second-order valence-electron chi connectivity index (χ2n) is 3.21. The molecule has 3 aromatic rings. The molecule has 0 aliphatic carbocycles. The molecule has 78 valence electrons. The van der Waals surface area contributed by atoms with E-state index in [1.54, 1.807) is 10.9 Å². The summed E-state index contributed by atoms with van der Waals surface area (Å²) in [6.07, 6.45) is 3.13. The Labute approximate surface area is 91.0 Å². The van der Waals surface area contributed by atoms with Crippen molar-refractivity contribution in [3.8, 4) is 17.2 Å². The van der Waals surface area contributed by atoms with Crippen molar-refractivity contribution in [2.45, 2.75) is 0 Å².